The van der Waals surface area contributed by atoms with E-state index in [0.29, 0.717) is 18.0 Å². The minimum absolute atomic E-state index is 0.0814. The number of amides is 1. The zero-order valence-corrected chi connectivity index (χ0v) is 11.8. The quantitative estimate of drug-likeness (QED) is 0.883. The van der Waals surface area contributed by atoms with Gasteiger partial charge in [0.2, 0.25) is 0 Å². The lowest BCUT2D eigenvalue weighted by molar-refractivity contribution is 0.0933. The molecule has 1 amide bonds. The van der Waals surface area contributed by atoms with Crippen LogP contribution in [0.3, 0.4) is 0 Å². The second kappa shape index (κ2) is 6.06. The number of nitrogens with zero attached hydrogens (tertiary/aromatic N) is 1. The Morgan fingerprint density at radius 3 is 2.67 bits per heavy atom. The second-order valence-electron chi connectivity index (χ2n) is 5.48. The number of aromatic nitrogens is 1. The van der Waals surface area contributed by atoms with Gasteiger partial charge in [0, 0.05) is 30.5 Å². The van der Waals surface area contributed by atoms with E-state index in [9.17, 15) is 4.79 Å². The minimum atomic E-state index is -0.0948. The highest BCUT2D eigenvalue weighted by molar-refractivity contribution is 5.95. The van der Waals surface area contributed by atoms with Crippen LogP contribution in [-0.4, -0.2) is 23.5 Å². The zero-order chi connectivity index (χ0) is 14.7. The van der Waals surface area contributed by atoms with Crippen molar-refractivity contribution in [3.05, 3.63) is 54.4 Å². The first-order valence-corrected chi connectivity index (χ1v) is 7.29. The number of pyridine rings is 1. The van der Waals surface area contributed by atoms with Crippen molar-refractivity contribution >= 4 is 5.91 Å². The molecular formula is C17H19N3O. The van der Waals surface area contributed by atoms with Gasteiger partial charge in [0.1, 0.15) is 0 Å². The molecule has 0 bridgehead atoms. The third-order valence-corrected chi connectivity index (χ3v) is 3.87. The molecule has 1 aromatic carbocycles. The Morgan fingerprint density at radius 1 is 1.24 bits per heavy atom. The predicted octanol–water partition coefficient (Wildman–Crippen LogP) is 2.22. The van der Waals surface area contributed by atoms with Crippen molar-refractivity contribution in [2.24, 2.45) is 11.7 Å². The van der Waals surface area contributed by atoms with E-state index >= 15 is 0 Å². The van der Waals surface area contributed by atoms with Gasteiger partial charge >= 0.3 is 0 Å². The van der Waals surface area contributed by atoms with Gasteiger partial charge in [-0.2, -0.15) is 0 Å². The number of nitrogens with two attached hydrogens (primary N) is 1. The van der Waals surface area contributed by atoms with Crippen LogP contribution < -0.4 is 11.1 Å². The van der Waals surface area contributed by atoms with E-state index in [1.54, 1.807) is 12.4 Å². The van der Waals surface area contributed by atoms with Gasteiger partial charge in [-0.3, -0.25) is 9.78 Å². The monoisotopic (exact) mass is 281 g/mol. The number of hydrogen-bond acceptors (Lipinski definition) is 3. The maximum atomic E-state index is 12.3. The average Bonchev–Trinajstić information content (AvgIpc) is 3.38. The van der Waals surface area contributed by atoms with E-state index in [1.807, 2.05) is 36.4 Å². The van der Waals surface area contributed by atoms with Crippen molar-refractivity contribution in [2.45, 2.75) is 18.9 Å². The van der Waals surface area contributed by atoms with Crippen molar-refractivity contribution in [3.63, 3.8) is 0 Å². The van der Waals surface area contributed by atoms with Gasteiger partial charge in [0.05, 0.1) is 5.56 Å². The first kappa shape index (κ1) is 13.8. The average molecular weight is 281 g/mol. The van der Waals surface area contributed by atoms with Crippen molar-refractivity contribution in [2.75, 3.05) is 6.54 Å². The molecule has 1 aliphatic rings. The summed E-state index contributed by atoms with van der Waals surface area (Å²) in [5.41, 5.74) is 8.31. The number of hydrogen-bond donors (Lipinski definition) is 2. The Hall–Kier alpha value is -2.20. The van der Waals surface area contributed by atoms with E-state index in [4.69, 9.17) is 5.73 Å². The second-order valence-corrected chi connectivity index (χ2v) is 5.48. The van der Waals surface area contributed by atoms with E-state index in [1.165, 1.54) is 0 Å². The van der Waals surface area contributed by atoms with Gasteiger partial charge in [-0.05, 0) is 30.4 Å². The van der Waals surface area contributed by atoms with Crippen LogP contribution >= 0.6 is 0 Å². The Bertz CT molecular complexity index is 623. The van der Waals surface area contributed by atoms with Crippen LogP contribution in [0.4, 0.5) is 0 Å². The number of benzene rings is 1. The summed E-state index contributed by atoms with van der Waals surface area (Å²) in [6.45, 7) is 0.488. The summed E-state index contributed by atoms with van der Waals surface area (Å²) >= 11 is 0. The lowest BCUT2D eigenvalue weighted by atomic mass is 10.1. The summed E-state index contributed by atoms with van der Waals surface area (Å²) in [5, 5.41) is 3.02. The highest BCUT2D eigenvalue weighted by Crippen LogP contribution is 2.32. The number of carbonyl (C=O) groups excluding carboxylic acids is 1. The Balaban J connectivity index is 1.77. The summed E-state index contributed by atoms with van der Waals surface area (Å²) in [6, 6.07) is 11.9. The highest BCUT2D eigenvalue weighted by atomic mass is 16.1. The van der Waals surface area contributed by atoms with Gasteiger partial charge in [0.15, 0.2) is 0 Å². The smallest absolute Gasteiger partial charge is 0.253 e. The number of carbonyl (C=O) groups is 1. The maximum Gasteiger partial charge on any atom is 0.253 e. The van der Waals surface area contributed by atoms with E-state index in [-0.39, 0.29) is 11.9 Å². The molecular weight excluding hydrogens is 262 g/mol. The SMILES string of the molecule is NCC(NC(=O)c1cncc(-c2ccccc2)c1)C1CC1. The molecule has 4 nitrogen and oxygen atoms in total. The Morgan fingerprint density at radius 2 is 2.00 bits per heavy atom. The molecule has 0 saturated heterocycles. The fourth-order valence-electron chi connectivity index (χ4n) is 2.47. The standard InChI is InChI=1S/C17H19N3O/c18-9-16(13-6-7-13)20-17(21)15-8-14(10-19-11-15)12-4-2-1-3-5-12/h1-5,8,10-11,13,16H,6-7,9,18H2,(H,20,21). The lowest BCUT2D eigenvalue weighted by Gasteiger charge is -2.16. The van der Waals surface area contributed by atoms with Crippen LogP contribution in [0.15, 0.2) is 48.8 Å². The van der Waals surface area contributed by atoms with E-state index in [0.717, 1.165) is 24.0 Å². The van der Waals surface area contributed by atoms with Crippen molar-refractivity contribution in [1.82, 2.24) is 10.3 Å². The highest BCUT2D eigenvalue weighted by Gasteiger charge is 2.31. The summed E-state index contributed by atoms with van der Waals surface area (Å²) in [6.07, 6.45) is 5.69. The molecule has 0 radical (unpaired) electrons. The third-order valence-electron chi connectivity index (χ3n) is 3.87. The molecule has 0 spiro atoms. The fourth-order valence-corrected chi connectivity index (χ4v) is 2.47. The van der Waals surface area contributed by atoms with Crippen LogP contribution in [0.5, 0.6) is 0 Å². The molecule has 21 heavy (non-hydrogen) atoms. The van der Waals surface area contributed by atoms with Gasteiger partial charge < -0.3 is 11.1 Å². The third kappa shape index (κ3) is 3.28. The van der Waals surface area contributed by atoms with Crippen molar-refractivity contribution in [3.8, 4) is 11.1 Å². The van der Waals surface area contributed by atoms with Crippen molar-refractivity contribution in [1.29, 1.82) is 0 Å². The molecule has 1 unspecified atom stereocenters. The predicted molar refractivity (Wildman–Crippen MR) is 82.7 cm³/mol. The van der Waals surface area contributed by atoms with Crippen LogP contribution in [0.1, 0.15) is 23.2 Å². The number of rotatable bonds is 5. The lowest BCUT2D eigenvalue weighted by Crippen LogP contribution is -2.41. The molecule has 1 fully saturated rings. The summed E-state index contributed by atoms with van der Waals surface area (Å²) in [4.78, 5) is 16.5. The largest absolute Gasteiger partial charge is 0.348 e. The molecule has 1 saturated carbocycles. The molecule has 108 valence electrons. The van der Waals surface area contributed by atoms with Crippen LogP contribution in [0.2, 0.25) is 0 Å². The summed E-state index contributed by atoms with van der Waals surface area (Å²) < 4.78 is 0. The van der Waals surface area contributed by atoms with Gasteiger partial charge in [-0.25, -0.2) is 0 Å². The molecule has 1 heterocycles. The Kier molecular flexibility index (Phi) is 3.97. The number of nitrogens with one attached hydrogen (secondary N) is 1. The molecule has 3 rings (SSSR count). The first-order chi connectivity index (χ1) is 10.3. The summed E-state index contributed by atoms with van der Waals surface area (Å²) in [5.74, 6) is 0.451. The summed E-state index contributed by atoms with van der Waals surface area (Å²) in [7, 11) is 0. The fraction of sp³-hybridized carbons (Fsp3) is 0.294. The Labute approximate surface area is 124 Å². The van der Waals surface area contributed by atoms with Crippen LogP contribution in [0, 0.1) is 5.92 Å². The molecule has 2 aromatic rings. The topological polar surface area (TPSA) is 68.0 Å². The molecule has 1 aliphatic carbocycles. The first-order valence-electron chi connectivity index (χ1n) is 7.29. The molecule has 1 atom stereocenters. The normalized spacial score (nSPS) is 15.5. The minimum Gasteiger partial charge on any atom is -0.348 e. The van der Waals surface area contributed by atoms with Gasteiger partial charge in [-0.15, -0.1) is 0 Å². The zero-order valence-electron chi connectivity index (χ0n) is 11.8. The van der Waals surface area contributed by atoms with Crippen LogP contribution in [-0.2, 0) is 0 Å². The van der Waals surface area contributed by atoms with E-state index in [2.05, 4.69) is 10.3 Å². The van der Waals surface area contributed by atoms with Gasteiger partial charge in [0.25, 0.3) is 5.91 Å². The molecule has 4 heteroatoms. The maximum absolute atomic E-state index is 12.3. The molecule has 1 aromatic heterocycles. The van der Waals surface area contributed by atoms with Crippen molar-refractivity contribution < 1.29 is 4.79 Å². The van der Waals surface area contributed by atoms with Gasteiger partial charge in [-0.1, -0.05) is 30.3 Å². The van der Waals surface area contributed by atoms with Crippen LogP contribution in [0.25, 0.3) is 11.1 Å². The molecule has 0 aliphatic heterocycles. The van der Waals surface area contributed by atoms with E-state index < -0.39 is 0 Å². The molecule has 3 N–H and O–H groups in total.